The topological polar surface area (TPSA) is 68.9 Å². The first-order valence-electron chi connectivity index (χ1n) is 8.80. The van der Waals surface area contributed by atoms with Crippen LogP contribution in [0.3, 0.4) is 0 Å². The molecule has 132 valence electrons. The minimum atomic E-state index is -0.272. The van der Waals surface area contributed by atoms with E-state index in [1.54, 1.807) is 0 Å². The van der Waals surface area contributed by atoms with E-state index < -0.39 is 0 Å². The van der Waals surface area contributed by atoms with E-state index in [1.165, 1.54) is 37.8 Å². The molecule has 5 nitrogen and oxygen atoms in total. The fourth-order valence-electron chi connectivity index (χ4n) is 3.42. The van der Waals surface area contributed by atoms with Crippen molar-refractivity contribution in [2.24, 2.45) is 10.7 Å². The fourth-order valence-corrected chi connectivity index (χ4v) is 3.42. The number of nitrogens with zero attached hydrogens (tertiary/aromatic N) is 1. The Hall–Kier alpha value is -1.82. The second-order valence-corrected chi connectivity index (χ2v) is 6.51. The molecule has 0 unspecified atom stereocenters. The molecule has 0 saturated heterocycles. The molecule has 2 aliphatic rings. The van der Waals surface area contributed by atoms with Crippen LogP contribution in [0, 0.1) is 5.82 Å². The number of aliphatic imine (C=N–C) groups is 1. The third-order valence-corrected chi connectivity index (χ3v) is 4.62. The van der Waals surface area contributed by atoms with E-state index in [0.717, 1.165) is 29.7 Å². The maximum Gasteiger partial charge on any atom is 0.189 e. The number of guanidine groups is 1. The number of hydrogen-bond donors (Lipinski definition) is 2. The van der Waals surface area contributed by atoms with Crippen LogP contribution in [-0.2, 0) is 17.8 Å². The van der Waals surface area contributed by atoms with Gasteiger partial charge in [-0.15, -0.1) is 0 Å². The van der Waals surface area contributed by atoms with Gasteiger partial charge >= 0.3 is 0 Å². The summed E-state index contributed by atoms with van der Waals surface area (Å²) < 4.78 is 24.4. The lowest BCUT2D eigenvalue weighted by atomic mass is 10.1. The Morgan fingerprint density at radius 2 is 2.04 bits per heavy atom. The summed E-state index contributed by atoms with van der Waals surface area (Å²) in [7, 11) is 0. The van der Waals surface area contributed by atoms with Gasteiger partial charge in [-0.3, -0.25) is 4.99 Å². The Morgan fingerprint density at radius 1 is 1.25 bits per heavy atom. The molecule has 0 radical (unpaired) electrons. The van der Waals surface area contributed by atoms with Crippen molar-refractivity contribution in [3.63, 3.8) is 0 Å². The number of ether oxygens (including phenoxy) is 2. The molecule has 1 aliphatic heterocycles. The van der Waals surface area contributed by atoms with Crippen molar-refractivity contribution in [3.8, 4) is 5.75 Å². The van der Waals surface area contributed by atoms with Crippen molar-refractivity contribution in [1.82, 2.24) is 5.32 Å². The number of hydrogen-bond acceptors (Lipinski definition) is 3. The molecule has 1 aliphatic carbocycles. The minimum absolute atomic E-state index is 0.209. The van der Waals surface area contributed by atoms with Gasteiger partial charge in [-0.25, -0.2) is 4.39 Å². The maximum atomic E-state index is 13.7. The molecule has 6 heteroatoms. The third kappa shape index (κ3) is 4.60. The summed E-state index contributed by atoms with van der Waals surface area (Å²) in [5.41, 5.74) is 7.57. The molecule has 1 aromatic rings. The molecular weight excluding hydrogens is 309 g/mol. The highest BCUT2D eigenvalue weighted by atomic mass is 19.1. The van der Waals surface area contributed by atoms with Crippen LogP contribution in [0.25, 0.3) is 0 Å². The van der Waals surface area contributed by atoms with Gasteiger partial charge in [0.05, 0.1) is 6.61 Å². The van der Waals surface area contributed by atoms with Crippen molar-refractivity contribution < 1.29 is 13.9 Å². The van der Waals surface area contributed by atoms with Crippen molar-refractivity contribution in [1.29, 1.82) is 0 Å². The normalized spacial score (nSPS) is 19.3. The number of benzene rings is 1. The summed E-state index contributed by atoms with van der Waals surface area (Å²) >= 11 is 0. The minimum Gasteiger partial charge on any atom is -0.467 e. The molecular formula is C18H26FN3O2. The molecule has 3 rings (SSSR count). The highest BCUT2D eigenvalue weighted by Gasteiger charge is 2.17. The lowest BCUT2D eigenvalue weighted by molar-refractivity contribution is -0.0172. The van der Waals surface area contributed by atoms with Crippen LogP contribution in [0.15, 0.2) is 17.1 Å². The summed E-state index contributed by atoms with van der Waals surface area (Å²) in [6, 6.07) is 3.40. The third-order valence-electron chi connectivity index (χ3n) is 4.62. The van der Waals surface area contributed by atoms with Crippen molar-refractivity contribution in [2.75, 3.05) is 13.3 Å². The quantitative estimate of drug-likeness (QED) is 0.504. The van der Waals surface area contributed by atoms with Crippen molar-refractivity contribution >= 4 is 5.96 Å². The smallest absolute Gasteiger partial charge is 0.189 e. The van der Waals surface area contributed by atoms with Gasteiger partial charge in [0.2, 0.25) is 0 Å². The van der Waals surface area contributed by atoms with E-state index in [2.05, 4.69) is 10.3 Å². The van der Waals surface area contributed by atoms with Gasteiger partial charge in [-0.05, 0) is 37.0 Å². The highest BCUT2D eigenvalue weighted by molar-refractivity contribution is 5.78. The number of halogens is 1. The number of fused-ring (bicyclic) bond motifs is 1. The maximum absolute atomic E-state index is 13.7. The highest BCUT2D eigenvalue weighted by Crippen LogP contribution is 2.29. The van der Waals surface area contributed by atoms with Gasteiger partial charge in [0.1, 0.15) is 11.6 Å². The molecule has 1 aromatic carbocycles. The van der Waals surface area contributed by atoms with Gasteiger partial charge in [0.25, 0.3) is 0 Å². The van der Waals surface area contributed by atoms with Gasteiger partial charge < -0.3 is 20.5 Å². The first-order valence-corrected chi connectivity index (χ1v) is 8.80. The predicted molar refractivity (Wildman–Crippen MR) is 91.5 cm³/mol. The molecule has 1 heterocycles. The second-order valence-electron chi connectivity index (χ2n) is 6.51. The summed E-state index contributed by atoms with van der Waals surface area (Å²) in [4.78, 5) is 4.40. The van der Waals surface area contributed by atoms with Crippen molar-refractivity contribution in [2.45, 2.75) is 57.6 Å². The average molecular weight is 335 g/mol. The Labute approximate surface area is 142 Å². The molecule has 1 fully saturated rings. The van der Waals surface area contributed by atoms with Gasteiger partial charge in [0, 0.05) is 18.2 Å². The summed E-state index contributed by atoms with van der Waals surface area (Å²) in [6.45, 7) is 1.10. The number of nitrogens with one attached hydrogen (secondary N) is 1. The van der Waals surface area contributed by atoms with Crippen LogP contribution in [0.5, 0.6) is 5.75 Å². The molecule has 0 amide bonds. The second kappa shape index (κ2) is 8.33. The zero-order chi connectivity index (χ0) is 16.8. The zero-order valence-corrected chi connectivity index (χ0v) is 14.0. The zero-order valence-electron chi connectivity index (χ0n) is 14.0. The number of rotatable bonds is 4. The van der Waals surface area contributed by atoms with E-state index in [4.69, 9.17) is 15.2 Å². The van der Waals surface area contributed by atoms with E-state index in [-0.39, 0.29) is 12.6 Å². The van der Waals surface area contributed by atoms with Crippen LogP contribution >= 0.6 is 0 Å². The standard InChI is InChI=1S/C18H26FN3O2/c19-15-9-13(17-14(10-15)11-23-12-24-17)7-8-21-18(20)22-16-5-3-1-2-4-6-16/h9-10,16H,1-8,11-12H2,(H3,20,21,22). The van der Waals surface area contributed by atoms with Crippen LogP contribution in [0.4, 0.5) is 4.39 Å². The molecule has 0 aromatic heterocycles. The van der Waals surface area contributed by atoms with E-state index >= 15 is 0 Å². The lowest BCUT2D eigenvalue weighted by Gasteiger charge is -2.20. The largest absolute Gasteiger partial charge is 0.467 e. The first-order chi connectivity index (χ1) is 11.7. The first kappa shape index (κ1) is 17.0. The Balaban J connectivity index is 1.56. The predicted octanol–water partition coefficient (Wildman–Crippen LogP) is 2.86. The fraction of sp³-hybridized carbons (Fsp3) is 0.611. The average Bonchev–Trinajstić information content (AvgIpc) is 2.83. The van der Waals surface area contributed by atoms with E-state index in [9.17, 15) is 4.39 Å². The summed E-state index contributed by atoms with van der Waals surface area (Å²) in [5.74, 6) is 0.941. The Kier molecular flexibility index (Phi) is 5.91. The van der Waals surface area contributed by atoms with E-state index in [0.29, 0.717) is 31.6 Å². The molecule has 0 atom stereocenters. The number of nitrogens with two attached hydrogens (primary N) is 1. The van der Waals surface area contributed by atoms with Crippen LogP contribution < -0.4 is 15.8 Å². The molecule has 0 spiro atoms. The molecule has 3 N–H and O–H groups in total. The van der Waals surface area contributed by atoms with Gasteiger partial charge in [-0.1, -0.05) is 25.7 Å². The Bertz CT molecular complexity index is 584. The SMILES string of the molecule is NC(=NCCc1cc(F)cc2c1OCOC2)NC1CCCCCC1. The van der Waals surface area contributed by atoms with Crippen LogP contribution in [0.1, 0.15) is 49.7 Å². The van der Waals surface area contributed by atoms with Crippen molar-refractivity contribution in [3.05, 3.63) is 29.1 Å². The molecule has 24 heavy (non-hydrogen) atoms. The monoisotopic (exact) mass is 335 g/mol. The van der Waals surface area contributed by atoms with Gasteiger partial charge in [-0.2, -0.15) is 0 Å². The van der Waals surface area contributed by atoms with Crippen LogP contribution in [-0.4, -0.2) is 25.3 Å². The summed E-state index contributed by atoms with van der Waals surface area (Å²) in [6.07, 6.45) is 8.02. The van der Waals surface area contributed by atoms with E-state index in [1.807, 2.05) is 0 Å². The Morgan fingerprint density at radius 3 is 2.83 bits per heavy atom. The molecule has 1 saturated carbocycles. The lowest BCUT2D eigenvalue weighted by Crippen LogP contribution is -2.40. The molecule has 0 bridgehead atoms. The van der Waals surface area contributed by atoms with Crippen LogP contribution in [0.2, 0.25) is 0 Å². The van der Waals surface area contributed by atoms with Gasteiger partial charge in [0.15, 0.2) is 12.8 Å². The summed E-state index contributed by atoms with van der Waals surface area (Å²) in [5, 5.41) is 3.32.